The summed E-state index contributed by atoms with van der Waals surface area (Å²) in [6.07, 6.45) is 3.07. The van der Waals surface area contributed by atoms with E-state index >= 15 is 0 Å². The van der Waals surface area contributed by atoms with Gasteiger partial charge in [0.1, 0.15) is 16.5 Å². The molecule has 0 aliphatic rings. The summed E-state index contributed by atoms with van der Waals surface area (Å²) in [5.74, 6) is -0.212. The zero-order valence-corrected chi connectivity index (χ0v) is 10.0. The number of anilines is 1. The van der Waals surface area contributed by atoms with Gasteiger partial charge in [-0.2, -0.15) is 0 Å². The first-order valence-electron chi connectivity index (χ1n) is 5.02. The third kappa shape index (κ3) is 2.66. The van der Waals surface area contributed by atoms with Crippen molar-refractivity contribution in [1.29, 1.82) is 0 Å². The molecule has 0 atom stereocenters. The molecule has 1 aromatic carbocycles. The van der Waals surface area contributed by atoms with Gasteiger partial charge in [-0.3, -0.25) is 0 Å². The molecule has 8 heteroatoms. The molecular weight excluding hydrogens is 259 g/mol. The van der Waals surface area contributed by atoms with Gasteiger partial charge in [0.2, 0.25) is 10.0 Å². The van der Waals surface area contributed by atoms with Crippen molar-refractivity contribution in [2.75, 3.05) is 5.73 Å². The minimum absolute atomic E-state index is 0.0108. The van der Waals surface area contributed by atoms with Gasteiger partial charge < -0.3 is 10.7 Å². The number of nitrogens with zero attached hydrogens (tertiary/aromatic N) is 1. The van der Waals surface area contributed by atoms with Gasteiger partial charge in [0.05, 0.1) is 12.2 Å². The van der Waals surface area contributed by atoms with Crippen molar-refractivity contribution in [3.63, 3.8) is 0 Å². The number of hydrogen-bond donors (Lipinski definition) is 3. The SMILES string of the molecule is Nc1ccc(F)cc1S(=O)(=O)NCc1ncc[nH]1. The number of halogens is 1. The molecule has 0 aliphatic carbocycles. The van der Waals surface area contributed by atoms with Crippen molar-refractivity contribution >= 4 is 15.7 Å². The van der Waals surface area contributed by atoms with Gasteiger partial charge in [-0.25, -0.2) is 22.5 Å². The molecule has 0 saturated carbocycles. The largest absolute Gasteiger partial charge is 0.398 e. The standard InChI is InChI=1S/C10H11FN4O2S/c11-7-1-2-8(12)9(5-7)18(16,17)15-6-10-13-3-4-14-10/h1-5,15H,6,12H2,(H,13,14). The van der Waals surface area contributed by atoms with Crippen LogP contribution in [0.5, 0.6) is 0 Å². The minimum atomic E-state index is -3.86. The van der Waals surface area contributed by atoms with E-state index in [4.69, 9.17) is 5.73 Å². The molecule has 0 spiro atoms. The van der Waals surface area contributed by atoms with Crippen molar-refractivity contribution in [1.82, 2.24) is 14.7 Å². The summed E-state index contributed by atoms with van der Waals surface area (Å²) >= 11 is 0. The lowest BCUT2D eigenvalue weighted by Crippen LogP contribution is -2.24. The van der Waals surface area contributed by atoms with Crippen LogP contribution in [-0.4, -0.2) is 18.4 Å². The number of H-pyrrole nitrogens is 1. The van der Waals surface area contributed by atoms with Gasteiger partial charge in [0.15, 0.2) is 0 Å². The maximum Gasteiger partial charge on any atom is 0.243 e. The van der Waals surface area contributed by atoms with Crippen LogP contribution < -0.4 is 10.5 Å². The normalized spacial score (nSPS) is 11.6. The molecule has 0 unspecified atom stereocenters. The fraction of sp³-hybridized carbons (Fsp3) is 0.100. The van der Waals surface area contributed by atoms with Crippen molar-refractivity contribution in [3.8, 4) is 0 Å². The number of benzene rings is 1. The van der Waals surface area contributed by atoms with Crippen LogP contribution in [0.25, 0.3) is 0 Å². The molecule has 0 aliphatic heterocycles. The molecule has 0 amide bonds. The number of sulfonamides is 1. The van der Waals surface area contributed by atoms with Crippen LogP contribution in [0.2, 0.25) is 0 Å². The molecule has 0 fully saturated rings. The third-order valence-corrected chi connectivity index (χ3v) is 3.71. The predicted octanol–water partition coefficient (Wildman–Crippen LogP) is 0.610. The lowest BCUT2D eigenvalue weighted by Gasteiger charge is -2.08. The molecule has 0 radical (unpaired) electrons. The molecule has 18 heavy (non-hydrogen) atoms. The predicted molar refractivity (Wildman–Crippen MR) is 63.4 cm³/mol. The van der Waals surface area contributed by atoms with E-state index in [2.05, 4.69) is 14.7 Å². The van der Waals surface area contributed by atoms with E-state index in [1.807, 2.05) is 0 Å². The summed E-state index contributed by atoms with van der Waals surface area (Å²) in [6.45, 7) is -0.0225. The van der Waals surface area contributed by atoms with Gasteiger partial charge in [-0.05, 0) is 18.2 Å². The Morgan fingerprint density at radius 1 is 1.44 bits per heavy atom. The molecule has 0 saturated heterocycles. The van der Waals surface area contributed by atoms with Crippen LogP contribution in [0.1, 0.15) is 5.82 Å². The van der Waals surface area contributed by atoms with Crippen molar-refractivity contribution in [3.05, 3.63) is 42.2 Å². The van der Waals surface area contributed by atoms with E-state index in [9.17, 15) is 12.8 Å². The van der Waals surface area contributed by atoms with Gasteiger partial charge in [0, 0.05) is 12.4 Å². The molecule has 96 valence electrons. The summed E-state index contributed by atoms with van der Waals surface area (Å²) in [7, 11) is -3.86. The Morgan fingerprint density at radius 2 is 2.22 bits per heavy atom. The van der Waals surface area contributed by atoms with E-state index in [0.717, 1.165) is 12.1 Å². The van der Waals surface area contributed by atoms with E-state index in [1.54, 1.807) is 6.20 Å². The molecule has 4 N–H and O–H groups in total. The Balaban J connectivity index is 2.22. The third-order valence-electron chi connectivity index (χ3n) is 2.25. The van der Waals surface area contributed by atoms with Crippen LogP contribution in [0.15, 0.2) is 35.5 Å². The number of nitrogen functional groups attached to an aromatic ring is 1. The van der Waals surface area contributed by atoms with Crippen LogP contribution in [0.4, 0.5) is 10.1 Å². The summed E-state index contributed by atoms with van der Waals surface area (Å²) in [5.41, 5.74) is 5.50. The maximum atomic E-state index is 13.0. The van der Waals surface area contributed by atoms with E-state index in [1.165, 1.54) is 12.3 Å². The maximum absolute atomic E-state index is 13.0. The molecule has 2 aromatic rings. The lowest BCUT2D eigenvalue weighted by molar-refractivity contribution is 0.576. The number of hydrogen-bond acceptors (Lipinski definition) is 4. The van der Waals surface area contributed by atoms with Crippen LogP contribution >= 0.6 is 0 Å². The zero-order valence-electron chi connectivity index (χ0n) is 9.22. The second-order valence-electron chi connectivity index (χ2n) is 3.54. The molecule has 1 heterocycles. The molecule has 6 nitrogen and oxygen atoms in total. The number of aromatic amines is 1. The Morgan fingerprint density at radius 3 is 2.89 bits per heavy atom. The van der Waals surface area contributed by atoms with Crippen molar-refractivity contribution < 1.29 is 12.8 Å². The van der Waals surface area contributed by atoms with Crippen molar-refractivity contribution in [2.45, 2.75) is 11.4 Å². The van der Waals surface area contributed by atoms with E-state index in [-0.39, 0.29) is 17.1 Å². The van der Waals surface area contributed by atoms with Gasteiger partial charge in [-0.15, -0.1) is 0 Å². The van der Waals surface area contributed by atoms with E-state index < -0.39 is 15.8 Å². The van der Waals surface area contributed by atoms with Crippen LogP contribution in [0, 0.1) is 5.82 Å². The Labute approximate surface area is 103 Å². The number of aromatic nitrogens is 2. The summed E-state index contributed by atoms with van der Waals surface area (Å²) < 4.78 is 39.1. The molecule has 1 aromatic heterocycles. The average molecular weight is 270 g/mol. The highest BCUT2D eigenvalue weighted by atomic mass is 32.2. The molecule has 2 rings (SSSR count). The van der Waals surface area contributed by atoms with Crippen molar-refractivity contribution in [2.24, 2.45) is 0 Å². The minimum Gasteiger partial charge on any atom is -0.398 e. The van der Waals surface area contributed by atoms with Gasteiger partial charge in [-0.1, -0.05) is 0 Å². The zero-order chi connectivity index (χ0) is 13.2. The highest BCUT2D eigenvalue weighted by Gasteiger charge is 2.18. The molecule has 0 bridgehead atoms. The number of imidazole rings is 1. The average Bonchev–Trinajstić information content (AvgIpc) is 2.83. The summed E-state index contributed by atoms with van der Waals surface area (Å²) in [6, 6.07) is 3.18. The number of nitrogens with two attached hydrogens (primary N) is 1. The number of nitrogens with one attached hydrogen (secondary N) is 2. The highest BCUT2D eigenvalue weighted by molar-refractivity contribution is 7.89. The molecular formula is C10H11FN4O2S. The van der Waals surface area contributed by atoms with Gasteiger partial charge in [0.25, 0.3) is 0 Å². The van der Waals surface area contributed by atoms with Gasteiger partial charge >= 0.3 is 0 Å². The smallest absolute Gasteiger partial charge is 0.243 e. The Bertz CT molecular complexity index is 640. The highest BCUT2D eigenvalue weighted by Crippen LogP contribution is 2.19. The Kier molecular flexibility index (Phi) is 3.30. The van der Waals surface area contributed by atoms with Crippen LogP contribution in [-0.2, 0) is 16.6 Å². The fourth-order valence-corrected chi connectivity index (χ4v) is 2.51. The Hall–Kier alpha value is -1.93. The second kappa shape index (κ2) is 4.75. The first-order valence-corrected chi connectivity index (χ1v) is 6.50. The quantitative estimate of drug-likeness (QED) is 0.708. The summed E-state index contributed by atoms with van der Waals surface area (Å²) in [5, 5.41) is 0. The second-order valence-corrected chi connectivity index (χ2v) is 5.28. The topological polar surface area (TPSA) is 101 Å². The van der Waals surface area contributed by atoms with Crippen LogP contribution in [0.3, 0.4) is 0 Å². The number of rotatable bonds is 4. The summed E-state index contributed by atoms with van der Waals surface area (Å²) in [4.78, 5) is 6.33. The first kappa shape index (κ1) is 12.5. The fourth-order valence-electron chi connectivity index (χ4n) is 1.38. The monoisotopic (exact) mass is 270 g/mol. The lowest BCUT2D eigenvalue weighted by atomic mass is 10.3. The van der Waals surface area contributed by atoms with E-state index in [0.29, 0.717) is 5.82 Å². The first-order chi connectivity index (χ1) is 8.49.